The fourth-order valence-electron chi connectivity index (χ4n) is 2.88. The Hall–Kier alpha value is -2.81. The monoisotopic (exact) mass is 373 g/mol. The average molecular weight is 373 g/mol. The number of sulfone groups is 1. The van der Waals surface area contributed by atoms with Gasteiger partial charge in [0.2, 0.25) is 15.7 Å². The van der Waals surface area contributed by atoms with Gasteiger partial charge in [0.25, 0.3) is 11.1 Å². The van der Waals surface area contributed by atoms with E-state index >= 15 is 0 Å². The summed E-state index contributed by atoms with van der Waals surface area (Å²) in [6, 6.07) is 5.31. The van der Waals surface area contributed by atoms with Crippen molar-refractivity contribution in [3.63, 3.8) is 0 Å². The van der Waals surface area contributed by atoms with Crippen molar-refractivity contribution in [1.29, 1.82) is 0 Å². The van der Waals surface area contributed by atoms with E-state index in [0.717, 1.165) is 5.56 Å². The standard InChI is InChI=1S/C17H19N5O3S/c1-10-6-11(2)15(12(3)7-10)26(23,24)17-18-9-22(21-17)16-19-13(4)8-14(20-16)25-5/h6-9H,1-5H3. The zero-order valence-electron chi connectivity index (χ0n) is 15.2. The Morgan fingerprint density at radius 2 is 1.65 bits per heavy atom. The van der Waals surface area contributed by atoms with Gasteiger partial charge in [0, 0.05) is 11.8 Å². The number of ether oxygens (including phenoxy) is 1. The summed E-state index contributed by atoms with van der Waals surface area (Å²) in [5.74, 6) is 0.547. The van der Waals surface area contributed by atoms with E-state index in [4.69, 9.17) is 4.74 Å². The molecule has 0 amide bonds. The predicted octanol–water partition coefficient (Wildman–Crippen LogP) is 2.13. The molecule has 3 rings (SSSR count). The number of aryl methyl sites for hydroxylation is 4. The van der Waals surface area contributed by atoms with Crippen LogP contribution in [0.5, 0.6) is 5.88 Å². The molecule has 2 aromatic heterocycles. The summed E-state index contributed by atoms with van der Waals surface area (Å²) in [4.78, 5) is 12.6. The molecule has 0 N–H and O–H groups in total. The van der Waals surface area contributed by atoms with Crippen molar-refractivity contribution in [1.82, 2.24) is 24.7 Å². The molecular formula is C17H19N5O3S. The minimum atomic E-state index is -3.86. The second-order valence-corrected chi connectivity index (χ2v) is 7.83. The highest BCUT2D eigenvalue weighted by atomic mass is 32.2. The number of rotatable bonds is 4. The highest BCUT2D eigenvalue weighted by molar-refractivity contribution is 7.91. The lowest BCUT2D eigenvalue weighted by Gasteiger charge is -2.10. The molecule has 0 aliphatic carbocycles. The minimum absolute atomic E-state index is 0.188. The molecule has 3 aromatic rings. The topological polar surface area (TPSA) is 99.9 Å². The lowest BCUT2D eigenvalue weighted by molar-refractivity contribution is 0.395. The van der Waals surface area contributed by atoms with Gasteiger partial charge in [-0.25, -0.2) is 18.4 Å². The molecule has 0 unspecified atom stereocenters. The summed E-state index contributed by atoms with van der Waals surface area (Å²) in [6.45, 7) is 7.23. The molecule has 0 atom stereocenters. The summed E-state index contributed by atoms with van der Waals surface area (Å²) in [5.41, 5.74) is 2.98. The largest absolute Gasteiger partial charge is 0.481 e. The molecule has 0 saturated heterocycles. The third-order valence-electron chi connectivity index (χ3n) is 3.82. The fourth-order valence-corrected chi connectivity index (χ4v) is 4.41. The molecular weight excluding hydrogens is 354 g/mol. The van der Waals surface area contributed by atoms with E-state index in [1.807, 2.05) is 19.1 Å². The lowest BCUT2D eigenvalue weighted by atomic mass is 10.1. The molecule has 26 heavy (non-hydrogen) atoms. The molecule has 0 spiro atoms. The Kier molecular flexibility index (Phi) is 4.49. The van der Waals surface area contributed by atoms with E-state index in [1.54, 1.807) is 26.8 Å². The molecule has 0 aliphatic heterocycles. The van der Waals surface area contributed by atoms with Gasteiger partial charge in [-0.3, -0.25) is 0 Å². The highest BCUT2D eigenvalue weighted by Crippen LogP contribution is 2.26. The van der Waals surface area contributed by atoms with Crippen molar-refractivity contribution in [2.45, 2.75) is 37.7 Å². The van der Waals surface area contributed by atoms with Crippen LogP contribution in [0.4, 0.5) is 0 Å². The van der Waals surface area contributed by atoms with Crippen molar-refractivity contribution >= 4 is 9.84 Å². The van der Waals surface area contributed by atoms with E-state index in [0.29, 0.717) is 22.7 Å². The van der Waals surface area contributed by atoms with E-state index < -0.39 is 9.84 Å². The van der Waals surface area contributed by atoms with Gasteiger partial charge in [0.15, 0.2) is 0 Å². The quantitative estimate of drug-likeness (QED) is 0.690. The van der Waals surface area contributed by atoms with Crippen molar-refractivity contribution in [2.24, 2.45) is 0 Å². The summed E-state index contributed by atoms with van der Waals surface area (Å²) in [7, 11) is -2.37. The number of nitrogens with zero attached hydrogens (tertiary/aromatic N) is 5. The van der Waals surface area contributed by atoms with Crippen LogP contribution in [0.15, 0.2) is 34.6 Å². The molecule has 0 radical (unpaired) electrons. The van der Waals surface area contributed by atoms with Crippen LogP contribution in [0.3, 0.4) is 0 Å². The van der Waals surface area contributed by atoms with Crippen LogP contribution < -0.4 is 4.74 Å². The molecule has 8 nitrogen and oxygen atoms in total. The number of hydrogen-bond donors (Lipinski definition) is 0. The Morgan fingerprint density at radius 3 is 2.27 bits per heavy atom. The van der Waals surface area contributed by atoms with Crippen LogP contribution >= 0.6 is 0 Å². The maximum absolute atomic E-state index is 13.0. The number of hydrogen-bond acceptors (Lipinski definition) is 7. The first-order chi connectivity index (χ1) is 12.2. The number of benzene rings is 1. The first-order valence-corrected chi connectivity index (χ1v) is 9.35. The van der Waals surface area contributed by atoms with Crippen LogP contribution in [-0.4, -0.2) is 40.3 Å². The highest BCUT2D eigenvalue weighted by Gasteiger charge is 2.27. The van der Waals surface area contributed by atoms with Crippen molar-refractivity contribution in [3.8, 4) is 11.8 Å². The van der Waals surface area contributed by atoms with Crippen LogP contribution in [0, 0.1) is 27.7 Å². The Bertz CT molecular complexity index is 1070. The van der Waals surface area contributed by atoms with Crippen LogP contribution in [0.1, 0.15) is 22.4 Å². The van der Waals surface area contributed by atoms with E-state index in [2.05, 4.69) is 20.1 Å². The van der Waals surface area contributed by atoms with Crippen LogP contribution in [0.2, 0.25) is 0 Å². The zero-order valence-corrected chi connectivity index (χ0v) is 16.0. The lowest BCUT2D eigenvalue weighted by Crippen LogP contribution is -2.10. The third-order valence-corrected chi connectivity index (χ3v) is 5.67. The Labute approximate surface area is 151 Å². The Balaban J connectivity index is 2.09. The number of methoxy groups -OCH3 is 1. The van der Waals surface area contributed by atoms with Crippen molar-refractivity contribution < 1.29 is 13.2 Å². The molecule has 0 aliphatic rings. The van der Waals surface area contributed by atoms with Crippen LogP contribution in [-0.2, 0) is 9.84 Å². The average Bonchev–Trinajstić information content (AvgIpc) is 3.03. The smallest absolute Gasteiger partial charge is 0.272 e. The normalized spacial score (nSPS) is 11.6. The van der Waals surface area contributed by atoms with Gasteiger partial charge < -0.3 is 4.74 Å². The minimum Gasteiger partial charge on any atom is -0.481 e. The van der Waals surface area contributed by atoms with Crippen molar-refractivity contribution in [2.75, 3.05) is 7.11 Å². The fraction of sp³-hybridized carbons (Fsp3) is 0.294. The van der Waals surface area contributed by atoms with Gasteiger partial charge in [-0.05, 0) is 38.8 Å². The molecule has 0 fully saturated rings. The summed E-state index contributed by atoms with van der Waals surface area (Å²) in [5, 5.41) is 3.79. The second-order valence-electron chi connectivity index (χ2n) is 6.05. The van der Waals surface area contributed by atoms with Gasteiger partial charge in [-0.15, -0.1) is 5.10 Å². The van der Waals surface area contributed by atoms with E-state index in [-0.39, 0.29) is 16.0 Å². The summed E-state index contributed by atoms with van der Waals surface area (Å²) >= 11 is 0. The van der Waals surface area contributed by atoms with Crippen LogP contribution in [0.25, 0.3) is 5.95 Å². The van der Waals surface area contributed by atoms with Gasteiger partial charge in [-0.1, -0.05) is 17.7 Å². The van der Waals surface area contributed by atoms with Gasteiger partial charge in [0.05, 0.1) is 12.0 Å². The molecule has 9 heteroatoms. The summed E-state index contributed by atoms with van der Waals surface area (Å²) < 4.78 is 32.4. The summed E-state index contributed by atoms with van der Waals surface area (Å²) in [6.07, 6.45) is 1.28. The maximum Gasteiger partial charge on any atom is 0.272 e. The van der Waals surface area contributed by atoms with E-state index in [1.165, 1.54) is 18.1 Å². The van der Waals surface area contributed by atoms with Gasteiger partial charge in [0.1, 0.15) is 6.33 Å². The Morgan fingerprint density at radius 1 is 1.00 bits per heavy atom. The molecule has 0 saturated carbocycles. The number of aromatic nitrogens is 5. The molecule has 1 aromatic carbocycles. The van der Waals surface area contributed by atoms with Gasteiger partial charge in [-0.2, -0.15) is 9.67 Å². The SMILES string of the molecule is COc1cc(C)nc(-n2cnc(S(=O)(=O)c3c(C)cc(C)cc3C)n2)n1. The molecule has 136 valence electrons. The first-order valence-electron chi connectivity index (χ1n) is 7.87. The first kappa shape index (κ1) is 18.0. The zero-order chi connectivity index (χ0) is 19.1. The molecule has 2 heterocycles. The predicted molar refractivity (Wildman–Crippen MR) is 94.3 cm³/mol. The second kappa shape index (κ2) is 6.49. The maximum atomic E-state index is 13.0. The van der Waals surface area contributed by atoms with Crippen molar-refractivity contribution in [3.05, 3.63) is 46.9 Å². The third kappa shape index (κ3) is 3.17. The van der Waals surface area contributed by atoms with E-state index in [9.17, 15) is 8.42 Å². The van der Waals surface area contributed by atoms with Gasteiger partial charge >= 0.3 is 0 Å². The molecule has 0 bridgehead atoms.